The Hall–Kier alpha value is -1.26. The molecule has 0 aromatic rings. The molecule has 0 aromatic heterocycles. The molecule has 13 heavy (non-hydrogen) atoms. The molecule has 2 amide bonds. The second-order valence-corrected chi connectivity index (χ2v) is 2.78. The molecule has 0 bridgehead atoms. The molecule has 0 rings (SSSR count). The van der Waals surface area contributed by atoms with Crippen LogP contribution in [-0.2, 0) is 4.79 Å². The second kappa shape index (κ2) is 8.83. The molecule has 0 saturated heterocycles. The number of carbonyl (C=O) groups is 2. The van der Waals surface area contributed by atoms with E-state index in [-0.39, 0.29) is 5.92 Å². The first-order valence-electron chi connectivity index (χ1n) is 4.17. The van der Waals surface area contributed by atoms with Crippen molar-refractivity contribution in [1.82, 2.24) is 5.32 Å². The first kappa shape index (κ1) is 14.3. The highest BCUT2D eigenvalue weighted by atomic mass is 16.4. The average molecular weight is 190 g/mol. The number of hydrogen-bond donors (Lipinski definition) is 3. The summed E-state index contributed by atoms with van der Waals surface area (Å²) in [6.45, 7) is 5.93. The molecule has 5 nitrogen and oxygen atoms in total. The molecule has 0 atom stereocenters. The van der Waals surface area contributed by atoms with Gasteiger partial charge in [0, 0.05) is 6.54 Å². The number of hydrogen-bond acceptors (Lipinski definition) is 2. The Kier molecular flexibility index (Phi) is 9.70. The van der Waals surface area contributed by atoms with Crippen molar-refractivity contribution in [3.63, 3.8) is 0 Å². The fourth-order valence-corrected chi connectivity index (χ4v) is 0.248. The van der Waals surface area contributed by atoms with Crippen molar-refractivity contribution >= 4 is 12.0 Å². The minimum atomic E-state index is -0.741. The molecule has 0 saturated carbocycles. The van der Waals surface area contributed by atoms with Gasteiger partial charge in [-0.05, 0) is 6.42 Å². The molecular formula is C8H18N2O3. The van der Waals surface area contributed by atoms with Gasteiger partial charge in [0.15, 0.2) is 0 Å². The highest BCUT2D eigenvalue weighted by Crippen LogP contribution is 1.87. The summed E-state index contributed by atoms with van der Waals surface area (Å²) in [5.74, 6) is -0.972. The van der Waals surface area contributed by atoms with Gasteiger partial charge in [0.25, 0.3) is 0 Å². The van der Waals surface area contributed by atoms with Gasteiger partial charge < -0.3 is 16.2 Å². The second-order valence-electron chi connectivity index (χ2n) is 2.78. The van der Waals surface area contributed by atoms with Crippen molar-refractivity contribution in [1.29, 1.82) is 0 Å². The molecule has 78 valence electrons. The standard InChI is InChI=1S/C4H10N2O.C4H8O2/c1-2-3-6-4(5)7;1-3(2)4(5)6/h2-3H2,1H3,(H3,5,6,7);3H,1-2H3,(H,5,6). The van der Waals surface area contributed by atoms with Crippen LogP contribution in [0.1, 0.15) is 27.2 Å². The van der Waals surface area contributed by atoms with Crippen molar-refractivity contribution in [3.8, 4) is 0 Å². The van der Waals surface area contributed by atoms with Crippen LogP contribution in [0.15, 0.2) is 0 Å². The highest BCUT2D eigenvalue weighted by Gasteiger charge is 1.99. The zero-order valence-electron chi connectivity index (χ0n) is 8.33. The molecule has 0 heterocycles. The zero-order chi connectivity index (χ0) is 10.9. The SMILES string of the molecule is CC(C)C(=O)O.CCCNC(N)=O. The van der Waals surface area contributed by atoms with Crippen molar-refractivity contribution in [2.24, 2.45) is 11.7 Å². The van der Waals surface area contributed by atoms with E-state index in [0.717, 1.165) is 6.42 Å². The molecule has 0 fully saturated rings. The van der Waals surface area contributed by atoms with Gasteiger partial charge in [-0.15, -0.1) is 0 Å². The molecule has 0 aliphatic heterocycles. The summed E-state index contributed by atoms with van der Waals surface area (Å²) in [4.78, 5) is 19.6. The molecule has 0 radical (unpaired) electrons. The number of nitrogens with two attached hydrogens (primary N) is 1. The number of carbonyl (C=O) groups excluding carboxylic acids is 1. The molecule has 0 aromatic carbocycles. The number of rotatable bonds is 3. The summed E-state index contributed by atoms with van der Waals surface area (Å²) in [5.41, 5.74) is 4.73. The van der Waals surface area contributed by atoms with Crippen LogP contribution in [-0.4, -0.2) is 23.7 Å². The molecular weight excluding hydrogens is 172 g/mol. The minimum Gasteiger partial charge on any atom is -0.481 e. The maximum atomic E-state index is 9.87. The predicted octanol–water partition coefficient (Wildman–Crippen LogP) is 0.792. The summed E-state index contributed by atoms with van der Waals surface area (Å²) in [5, 5.41) is 10.4. The number of carboxylic acids is 1. The van der Waals surface area contributed by atoms with Crippen molar-refractivity contribution < 1.29 is 14.7 Å². The Labute approximate surface area is 78.3 Å². The summed E-state index contributed by atoms with van der Waals surface area (Å²) in [6, 6.07) is -0.443. The third-order valence-corrected chi connectivity index (χ3v) is 1.04. The fourth-order valence-electron chi connectivity index (χ4n) is 0.248. The molecule has 0 aliphatic carbocycles. The molecule has 4 N–H and O–H groups in total. The lowest BCUT2D eigenvalue weighted by atomic mass is 10.2. The van der Waals surface area contributed by atoms with Gasteiger partial charge in [0.05, 0.1) is 5.92 Å². The van der Waals surface area contributed by atoms with Crippen LogP contribution in [0.2, 0.25) is 0 Å². The van der Waals surface area contributed by atoms with Crippen LogP contribution in [0.5, 0.6) is 0 Å². The van der Waals surface area contributed by atoms with E-state index in [1.54, 1.807) is 13.8 Å². The zero-order valence-corrected chi connectivity index (χ0v) is 8.33. The Bertz CT molecular complexity index is 157. The van der Waals surface area contributed by atoms with Gasteiger partial charge in [-0.2, -0.15) is 0 Å². The highest BCUT2D eigenvalue weighted by molar-refractivity contribution is 5.71. The van der Waals surface area contributed by atoms with Crippen LogP contribution in [0.3, 0.4) is 0 Å². The van der Waals surface area contributed by atoms with Crippen molar-refractivity contribution in [2.45, 2.75) is 27.2 Å². The first-order valence-corrected chi connectivity index (χ1v) is 4.17. The minimum absolute atomic E-state index is 0.231. The fraction of sp³-hybridized carbons (Fsp3) is 0.750. The van der Waals surface area contributed by atoms with E-state index < -0.39 is 12.0 Å². The monoisotopic (exact) mass is 190 g/mol. The number of amides is 2. The number of aliphatic carboxylic acids is 1. The van der Waals surface area contributed by atoms with E-state index in [1.165, 1.54) is 0 Å². The third-order valence-electron chi connectivity index (χ3n) is 1.04. The number of carboxylic acid groups (broad SMARTS) is 1. The van der Waals surface area contributed by atoms with Crippen LogP contribution in [0.4, 0.5) is 4.79 Å². The van der Waals surface area contributed by atoms with Gasteiger partial charge in [-0.3, -0.25) is 4.79 Å². The van der Waals surface area contributed by atoms with E-state index in [0.29, 0.717) is 6.54 Å². The normalized spacial score (nSPS) is 8.62. The van der Waals surface area contributed by atoms with Crippen LogP contribution >= 0.6 is 0 Å². The van der Waals surface area contributed by atoms with Gasteiger partial charge in [-0.1, -0.05) is 20.8 Å². The smallest absolute Gasteiger partial charge is 0.312 e. The summed E-state index contributed by atoms with van der Waals surface area (Å²) in [6.07, 6.45) is 0.933. The van der Waals surface area contributed by atoms with Gasteiger partial charge in [-0.25, -0.2) is 4.79 Å². The van der Waals surface area contributed by atoms with Crippen LogP contribution in [0, 0.1) is 5.92 Å². The lowest BCUT2D eigenvalue weighted by molar-refractivity contribution is -0.140. The maximum absolute atomic E-state index is 9.87. The average Bonchev–Trinajstić information content (AvgIpc) is 2.01. The van der Waals surface area contributed by atoms with E-state index in [1.807, 2.05) is 6.92 Å². The summed E-state index contributed by atoms with van der Waals surface area (Å²) >= 11 is 0. The number of primary amides is 1. The van der Waals surface area contributed by atoms with E-state index in [9.17, 15) is 9.59 Å². The van der Waals surface area contributed by atoms with E-state index >= 15 is 0 Å². The summed E-state index contributed by atoms with van der Waals surface area (Å²) < 4.78 is 0. The van der Waals surface area contributed by atoms with Gasteiger partial charge in [0.2, 0.25) is 0 Å². The lowest BCUT2D eigenvalue weighted by Gasteiger charge is -1.93. The van der Waals surface area contributed by atoms with Crippen molar-refractivity contribution in [3.05, 3.63) is 0 Å². The van der Waals surface area contributed by atoms with Crippen molar-refractivity contribution in [2.75, 3.05) is 6.54 Å². The lowest BCUT2D eigenvalue weighted by Crippen LogP contribution is -2.29. The Morgan fingerprint density at radius 2 is 1.85 bits per heavy atom. The molecule has 5 heteroatoms. The van der Waals surface area contributed by atoms with E-state index in [4.69, 9.17) is 10.8 Å². The largest absolute Gasteiger partial charge is 0.481 e. The quantitative estimate of drug-likeness (QED) is 0.614. The topological polar surface area (TPSA) is 92.4 Å². The van der Waals surface area contributed by atoms with E-state index in [2.05, 4.69) is 5.32 Å². The molecule has 0 unspecified atom stereocenters. The van der Waals surface area contributed by atoms with Crippen LogP contribution in [0.25, 0.3) is 0 Å². The first-order chi connectivity index (χ1) is 5.91. The Balaban J connectivity index is 0. The molecule has 0 aliphatic rings. The third kappa shape index (κ3) is 18.1. The Morgan fingerprint density at radius 3 is 1.92 bits per heavy atom. The number of nitrogens with one attached hydrogen (secondary N) is 1. The summed E-state index contributed by atoms with van der Waals surface area (Å²) in [7, 11) is 0. The Morgan fingerprint density at radius 1 is 1.46 bits per heavy atom. The van der Waals surface area contributed by atoms with Gasteiger partial charge >= 0.3 is 12.0 Å². The van der Waals surface area contributed by atoms with Gasteiger partial charge in [0.1, 0.15) is 0 Å². The number of urea groups is 1. The predicted molar refractivity (Wildman–Crippen MR) is 50.4 cm³/mol. The van der Waals surface area contributed by atoms with Crippen LogP contribution < -0.4 is 11.1 Å². The molecule has 0 spiro atoms. The maximum Gasteiger partial charge on any atom is 0.312 e.